The normalized spacial score (nSPS) is 27.7. The summed E-state index contributed by atoms with van der Waals surface area (Å²) < 4.78 is 27.0. The molecule has 3 rings (SSSR count). The number of anilines is 1. The van der Waals surface area contributed by atoms with Crippen LogP contribution in [0.3, 0.4) is 0 Å². The highest BCUT2D eigenvalue weighted by Crippen LogP contribution is 2.47. The predicted molar refractivity (Wildman–Crippen MR) is 77.0 cm³/mol. The van der Waals surface area contributed by atoms with E-state index in [1.165, 1.54) is 0 Å². The second kappa shape index (κ2) is 5.40. The molecule has 1 heterocycles. The van der Waals surface area contributed by atoms with Crippen molar-refractivity contribution >= 4 is 23.3 Å². The number of nitrogens with two attached hydrogens (primary N) is 1. The van der Waals surface area contributed by atoms with E-state index in [-0.39, 0.29) is 30.7 Å². The summed E-state index contributed by atoms with van der Waals surface area (Å²) in [5.41, 5.74) is 4.27. The van der Waals surface area contributed by atoms with Crippen LogP contribution in [0.1, 0.15) is 25.7 Å². The van der Waals surface area contributed by atoms with E-state index >= 15 is 0 Å². The van der Waals surface area contributed by atoms with E-state index in [9.17, 15) is 23.2 Å². The quantitative estimate of drug-likeness (QED) is 0.896. The molecule has 2 fully saturated rings. The number of nitrogens with zero attached hydrogens (tertiary/aromatic N) is 1. The highest BCUT2D eigenvalue weighted by Gasteiger charge is 2.55. The van der Waals surface area contributed by atoms with Crippen LogP contribution >= 0.6 is 0 Å². The van der Waals surface area contributed by atoms with Crippen molar-refractivity contribution in [1.82, 2.24) is 0 Å². The molecule has 1 aliphatic carbocycles. The van der Waals surface area contributed by atoms with Gasteiger partial charge in [0.1, 0.15) is 23.5 Å². The van der Waals surface area contributed by atoms with Gasteiger partial charge in [-0.05, 0) is 31.4 Å². The topological polar surface area (TPSA) is 80.5 Å². The Labute approximate surface area is 131 Å². The number of hydrogen-bond donors (Lipinski definition) is 1. The van der Waals surface area contributed by atoms with E-state index in [0.717, 1.165) is 17.0 Å². The standard InChI is InChI=1S/C16H15F2N2O3/c17-9-4-10(18)6-11(5-9)20-13(14(19)22)8-16(15(20)23)3-1-2-12(21)7-16/h1,4-6,13H,2-3,7-8H2,(H2,19,22). The first kappa shape index (κ1) is 15.6. The Morgan fingerprint density at radius 2 is 1.87 bits per heavy atom. The van der Waals surface area contributed by atoms with Gasteiger partial charge in [0.2, 0.25) is 11.8 Å². The molecule has 1 aromatic carbocycles. The van der Waals surface area contributed by atoms with Gasteiger partial charge in [-0.25, -0.2) is 8.78 Å². The minimum atomic E-state index is -1.04. The first-order valence-corrected chi connectivity index (χ1v) is 7.25. The molecule has 1 spiro atoms. The second-order valence-corrected chi connectivity index (χ2v) is 6.12. The highest BCUT2D eigenvalue weighted by atomic mass is 19.1. The molecule has 2 atom stereocenters. The molecule has 121 valence electrons. The summed E-state index contributed by atoms with van der Waals surface area (Å²) >= 11 is 0. The Morgan fingerprint density at radius 1 is 1.22 bits per heavy atom. The second-order valence-electron chi connectivity index (χ2n) is 6.12. The van der Waals surface area contributed by atoms with Crippen LogP contribution in [-0.2, 0) is 14.4 Å². The molecule has 0 bridgehead atoms. The molecule has 1 saturated heterocycles. The van der Waals surface area contributed by atoms with Gasteiger partial charge in [-0.15, -0.1) is 0 Å². The Bertz CT molecular complexity index is 686. The van der Waals surface area contributed by atoms with Gasteiger partial charge in [-0.3, -0.25) is 19.3 Å². The van der Waals surface area contributed by atoms with Crippen molar-refractivity contribution < 1.29 is 23.2 Å². The average molecular weight is 321 g/mol. The summed E-state index contributed by atoms with van der Waals surface area (Å²) in [7, 11) is 0. The number of ketones is 1. The van der Waals surface area contributed by atoms with Crippen molar-refractivity contribution in [2.45, 2.75) is 31.7 Å². The predicted octanol–water partition coefficient (Wildman–Crippen LogP) is 1.50. The lowest BCUT2D eigenvalue weighted by atomic mass is 9.71. The molecule has 2 N–H and O–H groups in total. The van der Waals surface area contributed by atoms with Crippen LogP contribution in [0.2, 0.25) is 0 Å². The number of carbonyl (C=O) groups is 3. The lowest BCUT2D eigenvalue weighted by Crippen LogP contribution is -2.43. The van der Waals surface area contributed by atoms with E-state index < -0.39 is 34.9 Å². The van der Waals surface area contributed by atoms with Crippen molar-refractivity contribution in [3.8, 4) is 0 Å². The molecular weight excluding hydrogens is 306 g/mol. The molecule has 7 heteroatoms. The number of amides is 2. The zero-order chi connectivity index (χ0) is 16.8. The molecule has 1 saturated carbocycles. The molecular formula is C16H15F2N2O3. The third kappa shape index (κ3) is 2.60. The molecule has 2 unspecified atom stereocenters. The summed E-state index contributed by atoms with van der Waals surface area (Å²) in [6.45, 7) is 0. The Kier molecular flexibility index (Phi) is 3.66. The van der Waals surface area contributed by atoms with Crippen LogP contribution in [0.25, 0.3) is 0 Å². The maximum absolute atomic E-state index is 13.5. The third-order valence-electron chi connectivity index (χ3n) is 4.46. The van der Waals surface area contributed by atoms with E-state index in [1.807, 2.05) is 0 Å². The van der Waals surface area contributed by atoms with Crippen LogP contribution in [-0.4, -0.2) is 23.6 Å². The van der Waals surface area contributed by atoms with Gasteiger partial charge in [-0.1, -0.05) is 0 Å². The smallest absolute Gasteiger partial charge is 0.240 e. The van der Waals surface area contributed by atoms with Crippen LogP contribution in [0.5, 0.6) is 0 Å². The van der Waals surface area contributed by atoms with Crippen LogP contribution in [0.15, 0.2) is 18.2 Å². The molecule has 2 amide bonds. The van der Waals surface area contributed by atoms with Gasteiger partial charge in [-0.2, -0.15) is 0 Å². The SMILES string of the molecule is NC(=O)C1CC2(C[CH]CC(=O)C2)C(=O)N1c1cc(F)cc(F)c1. The Balaban J connectivity index is 2.05. The van der Waals surface area contributed by atoms with Crippen molar-refractivity contribution in [3.63, 3.8) is 0 Å². The van der Waals surface area contributed by atoms with E-state index in [2.05, 4.69) is 0 Å². The maximum Gasteiger partial charge on any atom is 0.240 e. The summed E-state index contributed by atoms with van der Waals surface area (Å²) in [5.74, 6) is -3.07. The molecule has 1 aliphatic heterocycles. The lowest BCUT2D eigenvalue weighted by Gasteiger charge is -2.30. The van der Waals surface area contributed by atoms with Crippen molar-refractivity contribution in [1.29, 1.82) is 0 Å². The van der Waals surface area contributed by atoms with Gasteiger partial charge in [0, 0.05) is 18.9 Å². The molecule has 23 heavy (non-hydrogen) atoms. The number of Topliss-reactive ketones (excluding diaryl/α,β-unsaturated/α-hetero) is 1. The van der Waals surface area contributed by atoms with Crippen molar-refractivity contribution in [3.05, 3.63) is 36.3 Å². The van der Waals surface area contributed by atoms with Gasteiger partial charge in [0.05, 0.1) is 11.1 Å². The maximum atomic E-state index is 13.5. The third-order valence-corrected chi connectivity index (χ3v) is 4.46. The van der Waals surface area contributed by atoms with Crippen LogP contribution in [0.4, 0.5) is 14.5 Å². The van der Waals surface area contributed by atoms with Gasteiger partial charge >= 0.3 is 0 Å². The highest BCUT2D eigenvalue weighted by molar-refractivity contribution is 6.08. The summed E-state index contributed by atoms with van der Waals surface area (Å²) in [5, 5.41) is 0. The lowest BCUT2D eigenvalue weighted by molar-refractivity contribution is -0.133. The summed E-state index contributed by atoms with van der Waals surface area (Å²) in [6, 6.07) is 1.61. The van der Waals surface area contributed by atoms with Gasteiger partial charge in [0.15, 0.2) is 0 Å². The zero-order valence-electron chi connectivity index (χ0n) is 12.2. The molecule has 1 radical (unpaired) electrons. The molecule has 0 aromatic heterocycles. The van der Waals surface area contributed by atoms with Crippen LogP contribution < -0.4 is 10.6 Å². The fourth-order valence-corrected chi connectivity index (χ4v) is 3.50. The largest absolute Gasteiger partial charge is 0.368 e. The van der Waals surface area contributed by atoms with Crippen LogP contribution in [0, 0.1) is 23.5 Å². The monoisotopic (exact) mass is 321 g/mol. The minimum absolute atomic E-state index is 0.0143. The summed E-state index contributed by atoms with van der Waals surface area (Å²) in [4.78, 5) is 37.4. The molecule has 1 aromatic rings. The minimum Gasteiger partial charge on any atom is -0.368 e. The number of halogens is 2. The Hall–Kier alpha value is -2.31. The van der Waals surface area contributed by atoms with Gasteiger partial charge < -0.3 is 5.73 Å². The fraction of sp³-hybridized carbons (Fsp3) is 0.375. The number of benzene rings is 1. The number of carbonyl (C=O) groups excluding carboxylic acids is 3. The van der Waals surface area contributed by atoms with E-state index in [4.69, 9.17) is 5.73 Å². The number of hydrogen-bond acceptors (Lipinski definition) is 3. The molecule has 5 nitrogen and oxygen atoms in total. The van der Waals surface area contributed by atoms with E-state index in [0.29, 0.717) is 12.5 Å². The average Bonchev–Trinajstić information content (AvgIpc) is 2.71. The summed E-state index contributed by atoms with van der Waals surface area (Å²) in [6.07, 6.45) is 2.42. The first-order valence-electron chi connectivity index (χ1n) is 7.25. The molecule has 2 aliphatic rings. The van der Waals surface area contributed by atoms with E-state index in [1.54, 1.807) is 6.42 Å². The first-order chi connectivity index (χ1) is 10.8. The van der Waals surface area contributed by atoms with Crippen molar-refractivity contribution in [2.75, 3.05) is 4.90 Å². The number of primary amides is 1. The van der Waals surface area contributed by atoms with Crippen molar-refractivity contribution in [2.24, 2.45) is 11.1 Å². The Morgan fingerprint density at radius 3 is 2.43 bits per heavy atom. The van der Waals surface area contributed by atoms with Gasteiger partial charge in [0.25, 0.3) is 0 Å². The zero-order valence-corrected chi connectivity index (χ0v) is 12.2. The number of rotatable bonds is 2. The fourth-order valence-electron chi connectivity index (χ4n) is 3.50.